The first kappa shape index (κ1) is 12.7. The fourth-order valence-electron chi connectivity index (χ4n) is 3.60. The van der Waals surface area contributed by atoms with Crippen LogP contribution in [0.3, 0.4) is 0 Å². The molecule has 2 aliphatic rings. The molecular weight excluding hydrogens is 236 g/mol. The summed E-state index contributed by atoms with van der Waals surface area (Å²) >= 11 is 0. The fraction of sp³-hybridized carbons (Fsp3) is 0.562. The van der Waals surface area contributed by atoms with Gasteiger partial charge >= 0.3 is 0 Å². The van der Waals surface area contributed by atoms with Gasteiger partial charge < -0.3 is 9.80 Å². The molecule has 2 saturated heterocycles. The molecule has 0 saturated carbocycles. The number of nitrogens with zero attached hydrogens (tertiary/aromatic N) is 2. The van der Waals surface area contributed by atoms with Crippen LogP contribution in [0.15, 0.2) is 30.3 Å². The van der Waals surface area contributed by atoms with Crippen LogP contribution in [0, 0.1) is 5.92 Å². The minimum absolute atomic E-state index is 0.201. The smallest absolute Gasteiger partial charge is 0.253 e. The second-order valence-corrected chi connectivity index (χ2v) is 5.86. The van der Waals surface area contributed by atoms with Crippen molar-refractivity contribution in [2.75, 3.05) is 26.7 Å². The molecule has 0 aliphatic carbocycles. The normalized spacial score (nSPS) is 27.9. The highest BCUT2D eigenvalue weighted by molar-refractivity contribution is 5.94. The van der Waals surface area contributed by atoms with Crippen molar-refractivity contribution < 1.29 is 4.79 Å². The van der Waals surface area contributed by atoms with Crippen molar-refractivity contribution in [1.82, 2.24) is 9.80 Å². The molecule has 19 heavy (non-hydrogen) atoms. The van der Waals surface area contributed by atoms with E-state index in [2.05, 4.69) is 16.8 Å². The van der Waals surface area contributed by atoms with E-state index in [1.165, 1.54) is 19.4 Å². The molecule has 3 nitrogen and oxygen atoms in total. The lowest BCUT2D eigenvalue weighted by atomic mass is 9.84. The summed E-state index contributed by atoms with van der Waals surface area (Å²) in [5.41, 5.74) is 0.824. The lowest BCUT2D eigenvalue weighted by Gasteiger charge is -2.46. The molecule has 0 aromatic heterocycles. The van der Waals surface area contributed by atoms with Crippen LogP contribution >= 0.6 is 0 Å². The molecular formula is C16H22N2O. The van der Waals surface area contributed by atoms with Gasteiger partial charge in [0.1, 0.15) is 0 Å². The predicted molar refractivity (Wildman–Crippen MR) is 76.1 cm³/mol. The summed E-state index contributed by atoms with van der Waals surface area (Å²) in [7, 11) is 2.23. The van der Waals surface area contributed by atoms with Crippen LogP contribution in [0.1, 0.15) is 29.6 Å². The number of piperidine rings is 2. The standard InChI is InChI=1S/C16H22N2O/c1-17-10-5-8-14-12-18(11-9-15(14)17)16(19)13-6-3-2-4-7-13/h2-4,6-7,14-15H,5,8-12H2,1H3/t14-,15+/m1/s1. The van der Waals surface area contributed by atoms with E-state index in [1.807, 2.05) is 30.3 Å². The molecule has 3 heteroatoms. The number of hydrogen-bond donors (Lipinski definition) is 0. The van der Waals surface area contributed by atoms with Crippen molar-refractivity contribution >= 4 is 5.91 Å². The largest absolute Gasteiger partial charge is 0.338 e. The number of carbonyl (C=O) groups excluding carboxylic acids is 1. The summed E-state index contributed by atoms with van der Waals surface area (Å²) in [4.78, 5) is 17.0. The maximum Gasteiger partial charge on any atom is 0.253 e. The second-order valence-electron chi connectivity index (χ2n) is 5.86. The highest BCUT2D eigenvalue weighted by Crippen LogP contribution is 2.30. The monoisotopic (exact) mass is 258 g/mol. The van der Waals surface area contributed by atoms with Crippen LogP contribution in [0.5, 0.6) is 0 Å². The zero-order valence-corrected chi connectivity index (χ0v) is 11.6. The van der Waals surface area contributed by atoms with Gasteiger partial charge in [-0.25, -0.2) is 0 Å². The first-order chi connectivity index (χ1) is 9.25. The summed E-state index contributed by atoms with van der Waals surface area (Å²) < 4.78 is 0. The number of rotatable bonds is 1. The molecule has 1 aromatic carbocycles. The van der Waals surface area contributed by atoms with Crippen LogP contribution in [0.25, 0.3) is 0 Å². The van der Waals surface area contributed by atoms with E-state index in [0.717, 1.165) is 25.1 Å². The zero-order chi connectivity index (χ0) is 13.2. The number of carbonyl (C=O) groups is 1. The van der Waals surface area contributed by atoms with Gasteiger partial charge in [0.05, 0.1) is 0 Å². The van der Waals surface area contributed by atoms with Crippen molar-refractivity contribution in [2.24, 2.45) is 5.92 Å². The Bertz CT molecular complexity index is 445. The van der Waals surface area contributed by atoms with E-state index in [1.54, 1.807) is 0 Å². The summed E-state index contributed by atoms with van der Waals surface area (Å²) in [5.74, 6) is 0.868. The van der Waals surface area contributed by atoms with Gasteiger partial charge in [0, 0.05) is 24.7 Å². The van der Waals surface area contributed by atoms with Gasteiger partial charge in [-0.3, -0.25) is 4.79 Å². The Hall–Kier alpha value is -1.35. The molecule has 0 N–H and O–H groups in total. The molecule has 0 bridgehead atoms. The lowest BCUT2D eigenvalue weighted by molar-refractivity contribution is 0.0317. The number of benzene rings is 1. The molecule has 0 radical (unpaired) electrons. The summed E-state index contributed by atoms with van der Waals surface area (Å²) in [5, 5.41) is 0. The van der Waals surface area contributed by atoms with Crippen LogP contribution in [0.4, 0.5) is 0 Å². The number of amides is 1. The minimum Gasteiger partial charge on any atom is -0.338 e. The van der Waals surface area contributed by atoms with Crippen molar-refractivity contribution in [3.8, 4) is 0 Å². The van der Waals surface area contributed by atoms with Crippen LogP contribution < -0.4 is 0 Å². The van der Waals surface area contributed by atoms with Crippen molar-refractivity contribution in [2.45, 2.75) is 25.3 Å². The van der Waals surface area contributed by atoms with Gasteiger partial charge in [0.2, 0.25) is 0 Å². The van der Waals surface area contributed by atoms with Gasteiger partial charge in [-0.15, -0.1) is 0 Å². The van der Waals surface area contributed by atoms with Gasteiger partial charge in [-0.1, -0.05) is 18.2 Å². The molecule has 2 aliphatic heterocycles. The Morgan fingerprint density at radius 3 is 2.74 bits per heavy atom. The molecule has 2 heterocycles. The van der Waals surface area contributed by atoms with Crippen LogP contribution in [0.2, 0.25) is 0 Å². The molecule has 0 spiro atoms. The Morgan fingerprint density at radius 2 is 1.95 bits per heavy atom. The van der Waals surface area contributed by atoms with E-state index in [-0.39, 0.29) is 5.91 Å². The number of likely N-dealkylation sites (tertiary alicyclic amines) is 2. The Kier molecular flexibility index (Phi) is 3.56. The zero-order valence-electron chi connectivity index (χ0n) is 11.6. The molecule has 2 atom stereocenters. The number of fused-ring (bicyclic) bond motifs is 1. The summed E-state index contributed by atoms with van der Waals surface area (Å²) in [6.07, 6.45) is 3.67. The Morgan fingerprint density at radius 1 is 1.16 bits per heavy atom. The minimum atomic E-state index is 0.201. The quantitative estimate of drug-likeness (QED) is 0.771. The molecule has 1 aromatic rings. The van der Waals surface area contributed by atoms with Gasteiger partial charge in [0.15, 0.2) is 0 Å². The van der Waals surface area contributed by atoms with Crippen LogP contribution in [-0.2, 0) is 0 Å². The van der Waals surface area contributed by atoms with E-state index >= 15 is 0 Å². The highest BCUT2D eigenvalue weighted by Gasteiger charge is 2.35. The maximum absolute atomic E-state index is 12.5. The summed E-state index contributed by atoms with van der Waals surface area (Å²) in [6, 6.07) is 10.4. The van der Waals surface area contributed by atoms with E-state index in [4.69, 9.17) is 0 Å². The molecule has 3 rings (SSSR count). The molecule has 0 unspecified atom stereocenters. The topological polar surface area (TPSA) is 23.6 Å². The van der Waals surface area contributed by atoms with Crippen molar-refractivity contribution in [1.29, 1.82) is 0 Å². The molecule has 1 amide bonds. The SMILES string of the molecule is CN1CCC[C@@H]2CN(C(=O)c3ccccc3)CC[C@@H]21. The Balaban J connectivity index is 1.69. The predicted octanol–water partition coefficient (Wildman–Crippen LogP) is 2.24. The second kappa shape index (κ2) is 5.33. The van der Waals surface area contributed by atoms with E-state index < -0.39 is 0 Å². The maximum atomic E-state index is 12.5. The van der Waals surface area contributed by atoms with E-state index in [0.29, 0.717) is 12.0 Å². The third-order valence-electron chi connectivity index (χ3n) is 4.65. The summed E-state index contributed by atoms with van der Waals surface area (Å²) in [6.45, 7) is 3.05. The average Bonchev–Trinajstić information content (AvgIpc) is 2.47. The van der Waals surface area contributed by atoms with Crippen LogP contribution in [-0.4, -0.2) is 48.4 Å². The lowest BCUT2D eigenvalue weighted by Crippen LogP contribution is -2.53. The third-order valence-corrected chi connectivity index (χ3v) is 4.65. The van der Waals surface area contributed by atoms with E-state index in [9.17, 15) is 4.79 Å². The van der Waals surface area contributed by atoms with Crippen molar-refractivity contribution in [3.63, 3.8) is 0 Å². The fourth-order valence-corrected chi connectivity index (χ4v) is 3.60. The first-order valence-electron chi connectivity index (χ1n) is 7.30. The molecule has 102 valence electrons. The highest BCUT2D eigenvalue weighted by atomic mass is 16.2. The average molecular weight is 258 g/mol. The van der Waals surface area contributed by atoms with Crippen molar-refractivity contribution in [3.05, 3.63) is 35.9 Å². The Labute approximate surface area is 115 Å². The van der Waals surface area contributed by atoms with Gasteiger partial charge in [0.25, 0.3) is 5.91 Å². The number of hydrogen-bond acceptors (Lipinski definition) is 2. The third kappa shape index (κ3) is 2.52. The van der Waals surface area contributed by atoms with Gasteiger partial charge in [-0.05, 0) is 50.9 Å². The van der Waals surface area contributed by atoms with Gasteiger partial charge in [-0.2, -0.15) is 0 Å². The molecule has 2 fully saturated rings. The first-order valence-corrected chi connectivity index (χ1v) is 7.30.